The van der Waals surface area contributed by atoms with E-state index >= 15 is 0 Å². The lowest BCUT2D eigenvalue weighted by atomic mass is 9.79. The number of esters is 2. The van der Waals surface area contributed by atoms with E-state index in [9.17, 15) is 34.9 Å². The van der Waals surface area contributed by atoms with Gasteiger partial charge in [-0.05, 0) is 31.6 Å². The highest BCUT2D eigenvalue weighted by atomic mass is 16.8. The second-order valence-electron chi connectivity index (χ2n) is 8.14. The maximum absolute atomic E-state index is 12.4. The van der Waals surface area contributed by atoms with Gasteiger partial charge in [0.2, 0.25) is 0 Å². The molecule has 0 unspecified atom stereocenters. The summed E-state index contributed by atoms with van der Waals surface area (Å²) in [4.78, 5) is 44.8. The molecule has 2 aliphatic rings. The predicted octanol–water partition coefficient (Wildman–Crippen LogP) is 1.65. The van der Waals surface area contributed by atoms with Crippen LogP contribution in [0.2, 0.25) is 0 Å². The number of hydrogen-bond acceptors (Lipinski definition) is 11. The van der Waals surface area contributed by atoms with Crippen LogP contribution in [0, 0.1) is 20.2 Å². The van der Waals surface area contributed by atoms with Crippen molar-refractivity contribution in [3.63, 3.8) is 0 Å². The van der Waals surface area contributed by atoms with Gasteiger partial charge in [-0.3, -0.25) is 20.2 Å². The fourth-order valence-electron chi connectivity index (χ4n) is 3.96. The fourth-order valence-corrected chi connectivity index (χ4v) is 3.96. The van der Waals surface area contributed by atoms with Gasteiger partial charge in [0.1, 0.15) is 12.2 Å². The molecule has 13 nitrogen and oxygen atoms in total. The van der Waals surface area contributed by atoms with E-state index in [-0.39, 0.29) is 18.4 Å². The summed E-state index contributed by atoms with van der Waals surface area (Å²) in [5.74, 6) is -2.82. The average molecular weight is 466 g/mol. The molecule has 0 spiro atoms. The van der Waals surface area contributed by atoms with E-state index in [1.165, 1.54) is 12.1 Å². The number of aliphatic hydroxyl groups is 1. The van der Waals surface area contributed by atoms with Gasteiger partial charge in [-0.25, -0.2) is 9.59 Å². The van der Waals surface area contributed by atoms with Gasteiger partial charge in [-0.15, -0.1) is 0 Å². The van der Waals surface area contributed by atoms with Crippen molar-refractivity contribution in [3.05, 3.63) is 50.1 Å². The van der Waals surface area contributed by atoms with E-state index in [1.807, 2.05) is 0 Å². The number of hydrogen-bond donors (Lipinski definition) is 1. The molecule has 0 radical (unpaired) electrons. The Morgan fingerprint density at radius 1 is 1.15 bits per heavy atom. The van der Waals surface area contributed by atoms with E-state index in [2.05, 4.69) is 4.74 Å². The zero-order valence-electron chi connectivity index (χ0n) is 18.0. The number of nitro groups is 2. The lowest BCUT2D eigenvalue weighted by Crippen LogP contribution is -2.56. The van der Waals surface area contributed by atoms with Crippen molar-refractivity contribution < 1.29 is 43.5 Å². The Labute approximate surface area is 187 Å². The van der Waals surface area contributed by atoms with E-state index in [4.69, 9.17) is 14.2 Å². The second kappa shape index (κ2) is 8.84. The van der Waals surface area contributed by atoms with Gasteiger partial charge in [0.15, 0.2) is 11.4 Å². The minimum atomic E-state index is -1.95. The van der Waals surface area contributed by atoms with Crippen LogP contribution >= 0.6 is 0 Å². The van der Waals surface area contributed by atoms with Crippen molar-refractivity contribution in [1.82, 2.24) is 0 Å². The van der Waals surface area contributed by atoms with Crippen LogP contribution in [0.4, 0.5) is 11.4 Å². The van der Waals surface area contributed by atoms with E-state index < -0.39 is 62.9 Å². The summed E-state index contributed by atoms with van der Waals surface area (Å²) in [6.45, 7) is 3.28. The normalized spacial score (nSPS) is 28.2. The van der Waals surface area contributed by atoms with E-state index in [0.717, 1.165) is 25.3 Å². The number of ether oxygens (including phenoxy) is 4. The van der Waals surface area contributed by atoms with Gasteiger partial charge >= 0.3 is 23.3 Å². The summed E-state index contributed by atoms with van der Waals surface area (Å²) in [6.07, 6.45) is -0.792. The smallest absolute Gasteiger partial charge is 0.346 e. The van der Waals surface area contributed by atoms with Crippen LogP contribution in [0.3, 0.4) is 0 Å². The molecule has 4 atom stereocenters. The molecule has 13 heteroatoms. The van der Waals surface area contributed by atoms with Crippen molar-refractivity contribution >= 4 is 29.4 Å². The molecule has 3 rings (SSSR count). The number of carbonyl (C=O) groups excluding carboxylic acids is 2. The Morgan fingerprint density at radius 2 is 1.82 bits per heavy atom. The molecular weight excluding hydrogens is 444 g/mol. The van der Waals surface area contributed by atoms with Gasteiger partial charge in [0.25, 0.3) is 0 Å². The van der Waals surface area contributed by atoms with Crippen molar-refractivity contribution in [2.75, 3.05) is 7.11 Å². The molecule has 1 heterocycles. The molecule has 1 saturated heterocycles. The Balaban J connectivity index is 1.78. The Hall–Kier alpha value is -3.42. The number of fused-ring (bicyclic) bond motifs is 1. The first kappa shape index (κ1) is 24.2. The number of nitro benzene ring substituents is 2. The van der Waals surface area contributed by atoms with Gasteiger partial charge < -0.3 is 24.1 Å². The quantitative estimate of drug-likeness (QED) is 0.279. The standard InChI is InChI=1S/C20H22N2O11/c1-19(2)32-15-10-20(25,18(24)30-3)9-14(17(15)33-19)31-16(23)7-5-11-4-6-12(21(26)27)13(8-11)22(28)29/h4-8,14-15,17,25H,9-10H2,1-3H3/b7-5+/t14-,15-,17+,20-/m1/s1. The first-order chi connectivity index (χ1) is 15.3. The van der Waals surface area contributed by atoms with Gasteiger partial charge in [-0.2, -0.15) is 0 Å². The highest BCUT2D eigenvalue weighted by Gasteiger charge is 2.58. The zero-order valence-corrected chi connectivity index (χ0v) is 18.0. The lowest BCUT2D eigenvalue weighted by molar-refractivity contribution is -0.422. The number of benzene rings is 1. The van der Waals surface area contributed by atoms with Gasteiger partial charge in [-0.1, -0.05) is 0 Å². The molecule has 1 aliphatic heterocycles. The summed E-state index contributed by atoms with van der Waals surface area (Å²) < 4.78 is 21.6. The molecule has 2 fully saturated rings. The molecule has 0 amide bonds. The number of carbonyl (C=O) groups is 2. The number of methoxy groups -OCH3 is 1. The van der Waals surface area contributed by atoms with Crippen LogP contribution in [-0.2, 0) is 28.5 Å². The Bertz CT molecular complexity index is 1020. The minimum Gasteiger partial charge on any atom is -0.467 e. The Morgan fingerprint density at radius 3 is 2.42 bits per heavy atom. The Kier molecular flexibility index (Phi) is 6.49. The zero-order chi connectivity index (χ0) is 24.6. The van der Waals surface area contributed by atoms with Crippen molar-refractivity contribution in [2.45, 2.75) is 56.4 Å². The number of rotatable bonds is 6. The summed E-state index contributed by atoms with van der Waals surface area (Å²) in [5.41, 5.74) is -3.21. The lowest BCUT2D eigenvalue weighted by Gasteiger charge is -2.39. The molecule has 1 N–H and O–H groups in total. The number of nitrogens with zero attached hydrogens (tertiary/aromatic N) is 2. The van der Waals surface area contributed by atoms with Crippen LogP contribution in [0.1, 0.15) is 32.3 Å². The fraction of sp³-hybridized carbons (Fsp3) is 0.500. The third-order valence-electron chi connectivity index (χ3n) is 5.30. The van der Waals surface area contributed by atoms with Crippen molar-refractivity contribution in [1.29, 1.82) is 0 Å². The van der Waals surface area contributed by atoms with Crippen molar-refractivity contribution in [3.8, 4) is 0 Å². The van der Waals surface area contributed by atoms with E-state index in [1.54, 1.807) is 13.8 Å². The predicted molar refractivity (Wildman–Crippen MR) is 109 cm³/mol. The highest BCUT2D eigenvalue weighted by Crippen LogP contribution is 2.42. The first-order valence-corrected chi connectivity index (χ1v) is 9.83. The largest absolute Gasteiger partial charge is 0.467 e. The third-order valence-corrected chi connectivity index (χ3v) is 5.30. The van der Waals surface area contributed by atoms with Crippen LogP contribution in [0.5, 0.6) is 0 Å². The topological polar surface area (TPSA) is 178 Å². The molecule has 33 heavy (non-hydrogen) atoms. The van der Waals surface area contributed by atoms with Gasteiger partial charge in [0, 0.05) is 31.1 Å². The monoisotopic (exact) mass is 466 g/mol. The van der Waals surface area contributed by atoms with Crippen LogP contribution < -0.4 is 0 Å². The SMILES string of the molecule is COC(=O)[C@@]1(O)C[C@@H](OC(=O)/C=C/c2ccc([N+](=O)[O-])c([N+](=O)[O-])c2)[C@@H]2OC(C)(C)O[C@@H]2C1. The summed E-state index contributed by atoms with van der Waals surface area (Å²) in [7, 11) is 1.12. The van der Waals surface area contributed by atoms with Crippen LogP contribution in [0.15, 0.2) is 24.3 Å². The molecule has 1 aromatic carbocycles. The second-order valence-corrected chi connectivity index (χ2v) is 8.14. The van der Waals surface area contributed by atoms with E-state index in [0.29, 0.717) is 0 Å². The molecule has 0 aromatic heterocycles. The highest BCUT2D eigenvalue weighted by molar-refractivity contribution is 5.87. The minimum absolute atomic E-state index is 0.107. The molecule has 1 aliphatic carbocycles. The van der Waals surface area contributed by atoms with Crippen LogP contribution in [0.25, 0.3) is 6.08 Å². The third kappa shape index (κ3) is 5.16. The molecule has 1 aromatic rings. The molecule has 178 valence electrons. The first-order valence-electron chi connectivity index (χ1n) is 9.83. The molecular formula is C20H22N2O11. The summed E-state index contributed by atoms with van der Waals surface area (Å²) in [6, 6.07) is 3.14. The summed E-state index contributed by atoms with van der Waals surface area (Å²) >= 11 is 0. The molecule has 1 saturated carbocycles. The van der Waals surface area contributed by atoms with Crippen LogP contribution in [-0.4, -0.2) is 63.7 Å². The maximum Gasteiger partial charge on any atom is 0.346 e. The molecule has 0 bridgehead atoms. The van der Waals surface area contributed by atoms with Gasteiger partial charge in [0.05, 0.1) is 23.1 Å². The average Bonchev–Trinajstić information content (AvgIpc) is 3.04. The summed E-state index contributed by atoms with van der Waals surface area (Å²) in [5, 5.41) is 32.8. The van der Waals surface area contributed by atoms with Crippen molar-refractivity contribution in [2.24, 2.45) is 0 Å². The maximum atomic E-state index is 12.4.